The molecule has 1 fully saturated rings. The number of nitrogens with two attached hydrogens (primary N) is 1. The third-order valence-electron chi connectivity index (χ3n) is 4.65. The smallest absolute Gasteiger partial charge is 0.227 e. The number of fused-ring (bicyclic) bond motifs is 1. The molecule has 26 heavy (non-hydrogen) atoms. The molecule has 1 atom stereocenters. The summed E-state index contributed by atoms with van der Waals surface area (Å²) in [6.45, 7) is 1.47. The molecule has 0 saturated carbocycles. The normalized spacial score (nSPS) is 17.4. The highest BCUT2D eigenvalue weighted by molar-refractivity contribution is 5.85. The lowest BCUT2D eigenvalue weighted by Crippen LogP contribution is -2.43. The van der Waals surface area contributed by atoms with Crippen LogP contribution < -0.4 is 5.73 Å². The van der Waals surface area contributed by atoms with E-state index in [1.807, 2.05) is 23.1 Å². The molecule has 1 aliphatic rings. The molecule has 0 spiro atoms. The van der Waals surface area contributed by atoms with E-state index in [1.54, 1.807) is 12.4 Å². The molecule has 2 heterocycles. The van der Waals surface area contributed by atoms with Crippen LogP contribution >= 0.6 is 0 Å². The van der Waals surface area contributed by atoms with E-state index < -0.39 is 0 Å². The van der Waals surface area contributed by atoms with Gasteiger partial charge in [0.2, 0.25) is 5.91 Å². The lowest BCUT2D eigenvalue weighted by Gasteiger charge is -2.33. The summed E-state index contributed by atoms with van der Waals surface area (Å²) in [6.07, 6.45) is 3.17. The Bertz CT molecular complexity index is 944. The van der Waals surface area contributed by atoms with Gasteiger partial charge in [-0.1, -0.05) is 42.5 Å². The molecule has 1 aromatic heterocycles. The molecule has 1 saturated heterocycles. The van der Waals surface area contributed by atoms with E-state index in [0.717, 1.165) is 10.9 Å². The van der Waals surface area contributed by atoms with Crippen LogP contribution in [-0.4, -0.2) is 40.5 Å². The molecule has 0 bridgehead atoms. The van der Waals surface area contributed by atoms with E-state index in [9.17, 15) is 4.79 Å². The number of nitrogen functional groups attached to an aromatic ring is 1. The van der Waals surface area contributed by atoms with E-state index in [4.69, 9.17) is 10.5 Å². The zero-order valence-corrected chi connectivity index (χ0v) is 14.3. The third kappa shape index (κ3) is 3.36. The second-order valence-corrected chi connectivity index (χ2v) is 6.38. The van der Waals surface area contributed by atoms with Gasteiger partial charge in [0.25, 0.3) is 0 Å². The van der Waals surface area contributed by atoms with Gasteiger partial charge in [-0.25, -0.2) is 4.98 Å². The molecule has 2 aromatic carbocycles. The van der Waals surface area contributed by atoms with Gasteiger partial charge in [0.15, 0.2) is 0 Å². The SMILES string of the molecule is Nc1nccnc1[C@H]1CN(C(=O)Cc2ccc3ccccc3c2)CCO1. The van der Waals surface area contributed by atoms with Crippen molar-refractivity contribution in [2.45, 2.75) is 12.5 Å². The minimum Gasteiger partial charge on any atom is -0.382 e. The van der Waals surface area contributed by atoms with Crippen molar-refractivity contribution in [3.8, 4) is 0 Å². The highest BCUT2D eigenvalue weighted by Crippen LogP contribution is 2.24. The first-order chi connectivity index (χ1) is 12.7. The van der Waals surface area contributed by atoms with Crippen LogP contribution in [-0.2, 0) is 16.0 Å². The first-order valence-electron chi connectivity index (χ1n) is 8.64. The van der Waals surface area contributed by atoms with Crippen molar-refractivity contribution in [2.24, 2.45) is 0 Å². The van der Waals surface area contributed by atoms with E-state index >= 15 is 0 Å². The highest BCUT2D eigenvalue weighted by atomic mass is 16.5. The molecule has 1 amide bonds. The van der Waals surface area contributed by atoms with Gasteiger partial charge in [-0.3, -0.25) is 9.78 Å². The van der Waals surface area contributed by atoms with Crippen LogP contribution in [0.5, 0.6) is 0 Å². The fourth-order valence-electron chi connectivity index (χ4n) is 3.28. The van der Waals surface area contributed by atoms with Gasteiger partial charge in [0.1, 0.15) is 17.6 Å². The fourth-order valence-corrected chi connectivity index (χ4v) is 3.28. The van der Waals surface area contributed by atoms with Crippen molar-refractivity contribution in [1.82, 2.24) is 14.9 Å². The van der Waals surface area contributed by atoms with E-state index in [0.29, 0.717) is 37.6 Å². The summed E-state index contributed by atoms with van der Waals surface area (Å²) in [5, 5.41) is 2.32. The van der Waals surface area contributed by atoms with Crippen molar-refractivity contribution >= 4 is 22.5 Å². The number of carbonyl (C=O) groups excluding carboxylic acids is 1. The van der Waals surface area contributed by atoms with Crippen molar-refractivity contribution in [1.29, 1.82) is 0 Å². The van der Waals surface area contributed by atoms with Gasteiger partial charge in [-0.05, 0) is 16.3 Å². The lowest BCUT2D eigenvalue weighted by molar-refractivity contribution is -0.138. The first-order valence-corrected chi connectivity index (χ1v) is 8.64. The summed E-state index contributed by atoms with van der Waals surface area (Å²) in [5.41, 5.74) is 7.50. The number of nitrogens with zero attached hydrogens (tertiary/aromatic N) is 3. The number of ether oxygens (including phenoxy) is 1. The Labute approximate surface area is 151 Å². The van der Waals surface area contributed by atoms with Crippen LogP contribution in [0.2, 0.25) is 0 Å². The molecule has 0 radical (unpaired) electrons. The first kappa shape index (κ1) is 16.5. The Morgan fingerprint density at radius 3 is 2.81 bits per heavy atom. The molecular weight excluding hydrogens is 328 g/mol. The number of aromatic nitrogens is 2. The molecule has 1 aliphatic heterocycles. The van der Waals surface area contributed by atoms with Gasteiger partial charge < -0.3 is 15.4 Å². The number of hydrogen-bond donors (Lipinski definition) is 1. The molecule has 6 heteroatoms. The summed E-state index contributed by atoms with van der Waals surface area (Å²) < 4.78 is 5.76. The summed E-state index contributed by atoms with van der Waals surface area (Å²) in [4.78, 5) is 22.9. The Morgan fingerprint density at radius 2 is 1.96 bits per heavy atom. The molecule has 0 aliphatic carbocycles. The average molecular weight is 348 g/mol. The number of amides is 1. The fraction of sp³-hybridized carbons (Fsp3) is 0.250. The number of morpholine rings is 1. The third-order valence-corrected chi connectivity index (χ3v) is 4.65. The zero-order valence-electron chi connectivity index (χ0n) is 14.3. The van der Waals surface area contributed by atoms with Gasteiger partial charge in [0, 0.05) is 18.9 Å². The van der Waals surface area contributed by atoms with Crippen LogP contribution in [0.25, 0.3) is 10.8 Å². The van der Waals surface area contributed by atoms with Gasteiger partial charge in [0.05, 0.1) is 19.6 Å². The standard InChI is InChI=1S/C20H20N4O2/c21-20-19(22-7-8-23-20)17-13-24(9-10-26-17)18(25)12-14-5-6-15-3-1-2-4-16(15)11-14/h1-8,11,17H,9-10,12-13H2,(H2,21,23)/t17-/m1/s1. The van der Waals surface area contributed by atoms with Gasteiger partial charge in [-0.2, -0.15) is 0 Å². The largest absolute Gasteiger partial charge is 0.382 e. The topological polar surface area (TPSA) is 81.3 Å². The number of rotatable bonds is 3. The highest BCUT2D eigenvalue weighted by Gasteiger charge is 2.27. The molecule has 6 nitrogen and oxygen atoms in total. The predicted octanol–water partition coefficient (Wildman–Crippen LogP) is 2.35. The average Bonchev–Trinajstić information content (AvgIpc) is 2.68. The maximum absolute atomic E-state index is 12.8. The van der Waals surface area contributed by atoms with Crippen molar-refractivity contribution < 1.29 is 9.53 Å². The Hall–Kier alpha value is -2.99. The van der Waals surface area contributed by atoms with E-state index in [2.05, 4.69) is 34.2 Å². The lowest BCUT2D eigenvalue weighted by atomic mass is 10.0. The van der Waals surface area contributed by atoms with Gasteiger partial charge >= 0.3 is 0 Å². The van der Waals surface area contributed by atoms with Gasteiger partial charge in [-0.15, -0.1) is 0 Å². The minimum atomic E-state index is -0.335. The summed E-state index contributed by atoms with van der Waals surface area (Å²) in [5.74, 6) is 0.428. The predicted molar refractivity (Wildman–Crippen MR) is 99.4 cm³/mol. The zero-order chi connectivity index (χ0) is 17.9. The molecule has 0 unspecified atom stereocenters. The van der Waals surface area contributed by atoms with E-state index in [1.165, 1.54) is 5.39 Å². The summed E-state index contributed by atoms with van der Waals surface area (Å²) >= 11 is 0. The molecular formula is C20H20N4O2. The second-order valence-electron chi connectivity index (χ2n) is 6.38. The molecule has 3 aromatic rings. The second kappa shape index (κ2) is 7.09. The Morgan fingerprint density at radius 1 is 1.15 bits per heavy atom. The van der Waals surface area contributed by atoms with Crippen LogP contribution in [0.15, 0.2) is 54.9 Å². The number of benzene rings is 2. The number of carbonyl (C=O) groups is 1. The van der Waals surface area contributed by atoms with Crippen LogP contribution in [0.1, 0.15) is 17.4 Å². The maximum atomic E-state index is 12.8. The van der Waals surface area contributed by atoms with Crippen LogP contribution in [0.3, 0.4) is 0 Å². The molecule has 132 valence electrons. The number of hydrogen-bond acceptors (Lipinski definition) is 5. The summed E-state index contributed by atoms with van der Waals surface area (Å²) in [7, 11) is 0. The van der Waals surface area contributed by atoms with Crippen molar-refractivity contribution in [2.75, 3.05) is 25.4 Å². The quantitative estimate of drug-likeness (QED) is 0.786. The minimum absolute atomic E-state index is 0.0797. The van der Waals surface area contributed by atoms with Crippen LogP contribution in [0.4, 0.5) is 5.82 Å². The Balaban J connectivity index is 1.47. The monoisotopic (exact) mass is 348 g/mol. The van der Waals surface area contributed by atoms with Crippen LogP contribution in [0, 0.1) is 0 Å². The maximum Gasteiger partial charge on any atom is 0.227 e. The molecule has 2 N–H and O–H groups in total. The van der Waals surface area contributed by atoms with Crippen molar-refractivity contribution in [3.05, 3.63) is 66.1 Å². The number of anilines is 1. The Kier molecular flexibility index (Phi) is 4.50. The van der Waals surface area contributed by atoms with E-state index in [-0.39, 0.29) is 12.0 Å². The summed E-state index contributed by atoms with van der Waals surface area (Å²) in [6, 6.07) is 14.3. The molecule has 4 rings (SSSR count). The van der Waals surface area contributed by atoms with Crippen molar-refractivity contribution in [3.63, 3.8) is 0 Å².